The summed E-state index contributed by atoms with van der Waals surface area (Å²) in [5, 5.41) is 9.49. The molecule has 1 aromatic heterocycles. The molecule has 2 N–H and O–H groups in total. The first-order valence-corrected chi connectivity index (χ1v) is 8.65. The van der Waals surface area contributed by atoms with E-state index >= 15 is 0 Å². The number of hydrogen-bond donors (Lipinski definition) is 2. The number of carbonyl (C=O) groups is 2. The van der Waals surface area contributed by atoms with Gasteiger partial charge in [0.15, 0.2) is 11.9 Å². The molecule has 2 aromatic carbocycles. The topological polar surface area (TPSA) is 101 Å². The van der Waals surface area contributed by atoms with Crippen LogP contribution in [0.3, 0.4) is 0 Å². The van der Waals surface area contributed by atoms with E-state index in [1.165, 1.54) is 18.4 Å². The molecule has 148 valence electrons. The molecule has 0 bridgehead atoms. The Morgan fingerprint density at radius 1 is 0.966 bits per heavy atom. The van der Waals surface area contributed by atoms with Gasteiger partial charge >= 0.3 is 17.7 Å². The van der Waals surface area contributed by atoms with Crippen LogP contribution in [0.1, 0.15) is 23.0 Å². The van der Waals surface area contributed by atoms with E-state index in [2.05, 4.69) is 5.48 Å². The summed E-state index contributed by atoms with van der Waals surface area (Å²) in [6, 6.07) is 20.5. The van der Waals surface area contributed by atoms with Gasteiger partial charge in [-0.1, -0.05) is 66.1 Å². The number of nitrogens with one attached hydrogen (secondary N) is 1. The van der Waals surface area contributed by atoms with Crippen molar-refractivity contribution in [1.29, 1.82) is 0 Å². The molecule has 0 saturated heterocycles. The average Bonchev–Trinajstić information content (AvgIpc) is 3.27. The standard InChI is InChI=1S/C21H18N2O6/c1-27-23(18(20(24)25)17-13-8-14-28-17)21(26)22-29-19(15-9-4-2-5-10-15)16-11-6-3-7-12-16/h2-14,19H,1H3,(H-,22,24,25,26)/p+1/b23-18-. The second-order valence-electron chi connectivity index (χ2n) is 5.83. The molecule has 0 spiro atoms. The SMILES string of the molecule is CO/[N+](C(=O)NOC(c1ccccc1)c1ccccc1)=C(\C(=O)O)c1ccco1. The maximum Gasteiger partial charge on any atom is 0.562 e. The van der Waals surface area contributed by atoms with E-state index in [-0.39, 0.29) is 5.76 Å². The van der Waals surface area contributed by atoms with E-state index in [0.29, 0.717) is 4.74 Å². The monoisotopic (exact) mass is 395 g/mol. The van der Waals surface area contributed by atoms with Gasteiger partial charge in [-0.15, -0.1) is 0 Å². The minimum Gasteiger partial charge on any atom is -0.475 e. The van der Waals surface area contributed by atoms with Crippen molar-refractivity contribution in [2.24, 2.45) is 0 Å². The third-order valence-corrected chi connectivity index (χ3v) is 4.00. The van der Waals surface area contributed by atoms with Crippen molar-refractivity contribution in [3.63, 3.8) is 0 Å². The second kappa shape index (κ2) is 9.34. The molecular weight excluding hydrogens is 376 g/mol. The van der Waals surface area contributed by atoms with Crippen LogP contribution in [0.25, 0.3) is 0 Å². The fourth-order valence-corrected chi connectivity index (χ4v) is 2.72. The van der Waals surface area contributed by atoms with Crippen molar-refractivity contribution >= 4 is 17.7 Å². The fraction of sp³-hybridized carbons (Fsp3) is 0.0952. The highest BCUT2D eigenvalue weighted by Crippen LogP contribution is 2.24. The third kappa shape index (κ3) is 4.69. The summed E-state index contributed by atoms with van der Waals surface area (Å²) in [5.41, 5.74) is 3.38. The Kier molecular flexibility index (Phi) is 6.39. The highest BCUT2D eigenvalue weighted by atomic mass is 16.7. The molecular formula is C21H19N2O6+. The molecule has 0 radical (unpaired) electrons. The number of amides is 2. The summed E-state index contributed by atoms with van der Waals surface area (Å²) >= 11 is 0. The number of carbonyl (C=O) groups excluding carboxylic acids is 1. The van der Waals surface area contributed by atoms with E-state index in [1.807, 2.05) is 60.7 Å². The van der Waals surface area contributed by atoms with Gasteiger partial charge < -0.3 is 14.4 Å². The number of urea groups is 1. The Morgan fingerprint density at radius 3 is 2.00 bits per heavy atom. The molecule has 0 atom stereocenters. The van der Waals surface area contributed by atoms with Crippen LogP contribution in [-0.4, -0.2) is 34.7 Å². The number of carboxylic acids is 1. The van der Waals surface area contributed by atoms with Gasteiger partial charge in [-0.25, -0.2) is 4.79 Å². The predicted molar refractivity (Wildman–Crippen MR) is 102 cm³/mol. The Hall–Kier alpha value is -3.91. The molecule has 0 fully saturated rings. The maximum atomic E-state index is 12.6. The predicted octanol–water partition coefficient (Wildman–Crippen LogP) is 3.16. The Balaban J connectivity index is 1.88. The number of benzene rings is 2. The molecule has 2 amide bonds. The van der Waals surface area contributed by atoms with E-state index in [4.69, 9.17) is 14.1 Å². The number of furan rings is 1. The number of rotatable bonds is 7. The summed E-state index contributed by atoms with van der Waals surface area (Å²) in [5.74, 6) is -1.45. The molecule has 0 saturated carbocycles. The lowest BCUT2D eigenvalue weighted by Crippen LogP contribution is -2.40. The first-order chi connectivity index (χ1) is 14.1. The molecule has 3 rings (SSSR count). The summed E-state index contributed by atoms with van der Waals surface area (Å²) in [7, 11) is 1.16. The fourth-order valence-electron chi connectivity index (χ4n) is 2.72. The van der Waals surface area contributed by atoms with Crippen LogP contribution in [0, 0.1) is 0 Å². The van der Waals surface area contributed by atoms with E-state index < -0.39 is 23.8 Å². The van der Waals surface area contributed by atoms with Gasteiger partial charge in [0.05, 0.1) is 6.26 Å². The van der Waals surface area contributed by atoms with Crippen LogP contribution in [0.4, 0.5) is 4.79 Å². The van der Waals surface area contributed by atoms with Crippen LogP contribution >= 0.6 is 0 Å². The number of aliphatic carboxylic acids is 1. The molecule has 0 unspecified atom stereocenters. The Bertz CT molecular complexity index is 945. The lowest BCUT2D eigenvalue weighted by atomic mass is 10.0. The zero-order chi connectivity index (χ0) is 20.6. The van der Waals surface area contributed by atoms with E-state index in [1.54, 1.807) is 0 Å². The maximum absolute atomic E-state index is 12.6. The van der Waals surface area contributed by atoms with Crippen molar-refractivity contribution in [2.45, 2.75) is 6.10 Å². The summed E-state index contributed by atoms with van der Waals surface area (Å²) in [6.45, 7) is 0. The summed E-state index contributed by atoms with van der Waals surface area (Å²) in [6.07, 6.45) is 0.679. The van der Waals surface area contributed by atoms with Crippen molar-refractivity contribution in [3.05, 3.63) is 95.9 Å². The third-order valence-electron chi connectivity index (χ3n) is 4.00. The second-order valence-corrected chi connectivity index (χ2v) is 5.83. The molecule has 0 aliphatic heterocycles. The van der Waals surface area contributed by atoms with Crippen LogP contribution < -0.4 is 5.48 Å². The number of hydrogen-bond acceptors (Lipinski definition) is 5. The minimum absolute atomic E-state index is 0.0443. The van der Waals surface area contributed by atoms with E-state index in [0.717, 1.165) is 18.2 Å². The number of carboxylic acid groups (broad SMARTS) is 1. The van der Waals surface area contributed by atoms with Gasteiger partial charge in [-0.3, -0.25) is 0 Å². The Morgan fingerprint density at radius 2 is 1.55 bits per heavy atom. The molecule has 0 aliphatic rings. The molecule has 3 aromatic rings. The molecule has 8 heteroatoms. The minimum atomic E-state index is -1.40. The van der Waals surface area contributed by atoms with Gasteiger partial charge in [-0.2, -0.15) is 9.63 Å². The highest BCUT2D eigenvalue weighted by Gasteiger charge is 2.33. The molecule has 0 aliphatic carbocycles. The summed E-state index contributed by atoms with van der Waals surface area (Å²) < 4.78 is 5.64. The van der Waals surface area contributed by atoms with Crippen molar-refractivity contribution < 1.29 is 33.5 Å². The van der Waals surface area contributed by atoms with Crippen LogP contribution in [0.5, 0.6) is 0 Å². The van der Waals surface area contributed by atoms with Gasteiger partial charge in [0.2, 0.25) is 0 Å². The van der Waals surface area contributed by atoms with E-state index in [9.17, 15) is 14.7 Å². The smallest absolute Gasteiger partial charge is 0.475 e. The van der Waals surface area contributed by atoms with Gasteiger partial charge in [0.25, 0.3) is 0 Å². The first-order valence-electron chi connectivity index (χ1n) is 8.65. The highest BCUT2D eigenvalue weighted by molar-refractivity contribution is 6.39. The van der Waals surface area contributed by atoms with Crippen molar-refractivity contribution in [3.8, 4) is 0 Å². The average molecular weight is 395 g/mol. The lowest BCUT2D eigenvalue weighted by molar-refractivity contribution is -0.708. The van der Waals surface area contributed by atoms with Gasteiger partial charge in [0.1, 0.15) is 7.11 Å². The lowest BCUT2D eigenvalue weighted by Gasteiger charge is -2.15. The van der Waals surface area contributed by atoms with Crippen LogP contribution in [0.2, 0.25) is 0 Å². The normalized spacial score (nSPS) is 11.7. The van der Waals surface area contributed by atoms with Crippen molar-refractivity contribution in [1.82, 2.24) is 5.48 Å². The quantitative estimate of drug-likeness (QED) is 0.362. The largest absolute Gasteiger partial charge is 0.562 e. The summed E-state index contributed by atoms with van der Waals surface area (Å²) in [4.78, 5) is 34.9. The Labute approximate surface area is 166 Å². The first kappa shape index (κ1) is 19.8. The number of nitrogens with zero attached hydrogens (tertiary/aromatic N) is 1. The molecule has 8 nitrogen and oxygen atoms in total. The van der Waals surface area contributed by atoms with Crippen molar-refractivity contribution in [2.75, 3.05) is 7.11 Å². The zero-order valence-corrected chi connectivity index (χ0v) is 15.5. The van der Waals surface area contributed by atoms with Crippen LogP contribution in [-0.2, 0) is 14.5 Å². The number of hydroxylamine groups is 2. The zero-order valence-electron chi connectivity index (χ0n) is 15.5. The van der Waals surface area contributed by atoms with Gasteiger partial charge in [0, 0.05) is 4.74 Å². The van der Waals surface area contributed by atoms with Gasteiger partial charge in [-0.05, 0) is 23.3 Å². The van der Waals surface area contributed by atoms with Crippen LogP contribution in [0.15, 0.2) is 83.5 Å². The molecule has 1 heterocycles. The molecule has 29 heavy (non-hydrogen) atoms.